The molecule has 2 rings (SSSR count). The molecule has 0 saturated carbocycles. The molecule has 2 N–H and O–H groups in total. The number of carbonyl (C=O) groups is 1. The highest BCUT2D eigenvalue weighted by Gasteiger charge is 2.22. The number of hydrogen-bond donors (Lipinski definition) is 2. The van der Waals surface area contributed by atoms with Gasteiger partial charge < -0.3 is 14.8 Å². The highest BCUT2D eigenvalue weighted by atomic mass is 35.5. The lowest BCUT2D eigenvalue weighted by molar-refractivity contribution is -0.122. The van der Waals surface area contributed by atoms with E-state index in [4.69, 9.17) is 9.47 Å². The summed E-state index contributed by atoms with van der Waals surface area (Å²) < 4.78 is 10.5. The third-order valence-electron chi connectivity index (χ3n) is 2.97. The first-order valence-corrected chi connectivity index (χ1v) is 7.20. The van der Waals surface area contributed by atoms with Crippen LogP contribution in [0.1, 0.15) is 5.56 Å². The molecule has 1 aromatic carbocycles. The van der Waals surface area contributed by atoms with E-state index in [0.717, 1.165) is 28.7 Å². The van der Waals surface area contributed by atoms with Crippen molar-refractivity contribution in [1.29, 1.82) is 0 Å². The van der Waals surface area contributed by atoms with Gasteiger partial charge in [-0.15, -0.1) is 24.2 Å². The van der Waals surface area contributed by atoms with Gasteiger partial charge in [-0.2, -0.15) is 0 Å². The van der Waals surface area contributed by atoms with Crippen LogP contribution in [0.5, 0.6) is 11.5 Å². The number of halogens is 1. The number of carbonyl (C=O) groups excluding carboxylic acids is 1. The standard InChI is InChI=1S/C13H18N2O3S.ClH/c1-17-10-3-4-12(18-2)9(5-10)6-14-13(16)11-7-19-8-15-11;/h3-5,11,15H,6-8H2,1-2H3,(H,14,16);1H. The normalized spacial score (nSPS) is 17.2. The monoisotopic (exact) mass is 318 g/mol. The maximum Gasteiger partial charge on any atom is 0.238 e. The highest BCUT2D eigenvalue weighted by Crippen LogP contribution is 2.23. The molecule has 1 fully saturated rings. The fourth-order valence-corrected chi connectivity index (χ4v) is 2.83. The number of ether oxygens (including phenoxy) is 2. The fourth-order valence-electron chi connectivity index (χ4n) is 1.89. The van der Waals surface area contributed by atoms with Crippen molar-refractivity contribution in [3.63, 3.8) is 0 Å². The first kappa shape index (κ1) is 16.9. The summed E-state index contributed by atoms with van der Waals surface area (Å²) in [6, 6.07) is 5.45. The van der Waals surface area contributed by atoms with Crippen LogP contribution in [0.15, 0.2) is 18.2 Å². The molecule has 112 valence electrons. The van der Waals surface area contributed by atoms with Gasteiger partial charge in [0, 0.05) is 23.7 Å². The van der Waals surface area contributed by atoms with Gasteiger partial charge in [-0.05, 0) is 18.2 Å². The maximum absolute atomic E-state index is 11.9. The van der Waals surface area contributed by atoms with Crippen molar-refractivity contribution in [2.45, 2.75) is 12.6 Å². The first-order chi connectivity index (χ1) is 9.24. The molecule has 1 heterocycles. The molecule has 20 heavy (non-hydrogen) atoms. The molecule has 1 atom stereocenters. The van der Waals surface area contributed by atoms with Gasteiger partial charge in [-0.1, -0.05) is 0 Å². The average molecular weight is 319 g/mol. The van der Waals surface area contributed by atoms with Gasteiger partial charge in [-0.25, -0.2) is 0 Å². The van der Waals surface area contributed by atoms with Crippen molar-refractivity contribution in [3.8, 4) is 11.5 Å². The van der Waals surface area contributed by atoms with Crippen molar-refractivity contribution in [3.05, 3.63) is 23.8 Å². The molecule has 1 aliphatic rings. The Morgan fingerprint density at radius 2 is 2.25 bits per heavy atom. The second-order valence-electron chi connectivity index (χ2n) is 4.17. The lowest BCUT2D eigenvalue weighted by atomic mass is 10.2. The van der Waals surface area contributed by atoms with E-state index in [-0.39, 0.29) is 24.4 Å². The topological polar surface area (TPSA) is 59.6 Å². The zero-order valence-electron chi connectivity index (χ0n) is 11.5. The molecular weight excluding hydrogens is 300 g/mol. The average Bonchev–Trinajstić information content (AvgIpc) is 2.98. The van der Waals surface area contributed by atoms with E-state index in [1.54, 1.807) is 26.0 Å². The van der Waals surface area contributed by atoms with Gasteiger partial charge in [0.15, 0.2) is 0 Å². The van der Waals surface area contributed by atoms with Crippen molar-refractivity contribution in [2.75, 3.05) is 25.8 Å². The number of amides is 1. The van der Waals surface area contributed by atoms with E-state index in [2.05, 4.69) is 10.6 Å². The Morgan fingerprint density at radius 3 is 2.85 bits per heavy atom. The van der Waals surface area contributed by atoms with Gasteiger partial charge in [0.2, 0.25) is 5.91 Å². The van der Waals surface area contributed by atoms with Crippen LogP contribution in [-0.2, 0) is 11.3 Å². The van der Waals surface area contributed by atoms with Crippen LogP contribution in [0, 0.1) is 0 Å². The van der Waals surface area contributed by atoms with Crippen LogP contribution in [0.4, 0.5) is 0 Å². The smallest absolute Gasteiger partial charge is 0.238 e. The Hall–Kier alpha value is -1.11. The minimum Gasteiger partial charge on any atom is -0.497 e. The summed E-state index contributed by atoms with van der Waals surface area (Å²) in [5, 5.41) is 6.06. The third kappa shape index (κ3) is 4.19. The van der Waals surface area contributed by atoms with Crippen molar-refractivity contribution in [2.24, 2.45) is 0 Å². The number of methoxy groups -OCH3 is 2. The molecule has 1 aliphatic heterocycles. The molecule has 1 amide bonds. The summed E-state index contributed by atoms with van der Waals surface area (Å²) >= 11 is 1.73. The van der Waals surface area contributed by atoms with Crippen molar-refractivity contribution in [1.82, 2.24) is 10.6 Å². The summed E-state index contributed by atoms with van der Waals surface area (Å²) in [5.41, 5.74) is 0.904. The molecule has 1 saturated heterocycles. The molecule has 0 radical (unpaired) electrons. The van der Waals surface area contributed by atoms with Crippen LogP contribution >= 0.6 is 24.2 Å². The SMILES string of the molecule is COc1ccc(OC)c(CNC(=O)C2CSCN2)c1.Cl. The minimum atomic E-state index is -0.0957. The molecule has 7 heteroatoms. The quantitative estimate of drug-likeness (QED) is 0.859. The van der Waals surface area contributed by atoms with Gasteiger partial charge in [0.05, 0.1) is 20.3 Å². The Morgan fingerprint density at radius 1 is 1.45 bits per heavy atom. The summed E-state index contributed by atoms with van der Waals surface area (Å²) in [5.74, 6) is 3.17. The van der Waals surface area contributed by atoms with Gasteiger partial charge in [-0.3, -0.25) is 10.1 Å². The van der Waals surface area contributed by atoms with Crippen LogP contribution in [0.2, 0.25) is 0 Å². The van der Waals surface area contributed by atoms with E-state index < -0.39 is 0 Å². The summed E-state index contributed by atoms with van der Waals surface area (Å²) in [4.78, 5) is 11.9. The van der Waals surface area contributed by atoms with Crippen LogP contribution < -0.4 is 20.1 Å². The van der Waals surface area contributed by atoms with Crippen LogP contribution in [0.25, 0.3) is 0 Å². The van der Waals surface area contributed by atoms with E-state index in [9.17, 15) is 4.79 Å². The lowest BCUT2D eigenvalue weighted by Gasteiger charge is -2.13. The van der Waals surface area contributed by atoms with E-state index in [0.29, 0.717) is 6.54 Å². The lowest BCUT2D eigenvalue weighted by Crippen LogP contribution is -2.41. The van der Waals surface area contributed by atoms with Gasteiger partial charge >= 0.3 is 0 Å². The van der Waals surface area contributed by atoms with E-state index >= 15 is 0 Å². The van der Waals surface area contributed by atoms with Crippen LogP contribution in [-0.4, -0.2) is 37.8 Å². The summed E-state index contributed by atoms with van der Waals surface area (Å²) in [6.07, 6.45) is 0. The number of thioether (sulfide) groups is 1. The number of benzene rings is 1. The van der Waals surface area contributed by atoms with Gasteiger partial charge in [0.1, 0.15) is 11.5 Å². The molecule has 1 unspecified atom stereocenters. The zero-order chi connectivity index (χ0) is 13.7. The maximum atomic E-state index is 11.9. The second kappa shape index (κ2) is 8.24. The predicted octanol–water partition coefficient (Wildman–Crippen LogP) is 1.40. The van der Waals surface area contributed by atoms with Crippen molar-refractivity contribution >= 4 is 30.1 Å². The third-order valence-corrected chi connectivity index (χ3v) is 3.91. The second-order valence-corrected chi connectivity index (χ2v) is 5.20. The minimum absolute atomic E-state index is 0. The Balaban J connectivity index is 0.00000200. The van der Waals surface area contributed by atoms with E-state index in [1.165, 1.54) is 0 Å². The van der Waals surface area contributed by atoms with E-state index in [1.807, 2.05) is 18.2 Å². The largest absolute Gasteiger partial charge is 0.497 e. The number of hydrogen-bond acceptors (Lipinski definition) is 5. The molecule has 5 nitrogen and oxygen atoms in total. The number of nitrogens with one attached hydrogen (secondary N) is 2. The molecule has 0 spiro atoms. The first-order valence-electron chi connectivity index (χ1n) is 6.04. The summed E-state index contributed by atoms with van der Waals surface area (Å²) in [6.45, 7) is 0.433. The van der Waals surface area contributed by atoms with Crippen LogP contribution in [0.3, 0.4) is 0 Å². The molecule has 0 aromatic heterocycles. The molecule has 0 aliphatic carbocycles. The summed E-state index contributed by atoms with van der Waals surface area (Å²) in [7, 11) is 3.23. The fraction of sp³-hybridized carbons (Fsp3) is 0.462. The zero-order valence-corrected chi connectivity index (χ0v) is 13.1. The Kier molecular flexibility index (Phi) is 6.98. The molecule has 1 aromatic rings. The number of rotatable bonds is 5. The molecular formula is C13H19ClN2O3S. The van der Waals surface area contributed by atoms with Crippen molar-refractivity contribution < 1.29 is 14.3 Å². The Bertz CT molecular complexity index is 453. The Labute approximate surface area is 129 Å². The highest BCUT2D eigenvalue weighted by molar-refractivity contribution is 7.99. The van der Waals surface area contributed by atoms with Gasteiger partial charge in [0.25, 0.3) is 0 Å². The predicted molar refractivity (Wildman–Crippen MR) is 82.9 cm³/mol. The molecule has 0 bridgehead atoms.